The summed E-state index contributed by atoms with van der Waals surface area (Å²) in [4.78, 5) is 52.7. The fourth-order valence-corrected chi connectivity index (χ4v) is 4.63. The summed E-state index contributed by atoms with van der Waals surface area (Å²) in [5, 5.41) is 39.8. The van der Waals surface area contributed by atoms with Gasteiger partial charge in [-0.05, 0) is 48.5 Å². The zero-order chi connectivity index (χ0) is 33.6. The highest BCUT2D eigenvalue weighted by molar-refractivity contribution is 6.08. The molecule has 0 aliphatic rings. The van der Waals surface area contributed by atoms with Gasteiger partial charge in [0.1, 0.15) is 11.4 Å². The van der Waals surface area contributed by atoms with Gasteiger partial charge in [-0.3, -0.25) is 24.4 Å². The molecule has 2 aromatic heterocycles. The Morgan fingerprint density at radius 3 is 1.57 bits per heavy atom. The van der Waals surface area contributed by atoms with Gasteiger partial charge in [0.05, 0.1) is 13.2 Å². The zero-order valence-electron chi connectivity index (χ0n) is 26.3. The second-order valence-electron chi connectivity index (χ2n) is 10.2. The number of anilines is 1. The Kier molecular flexibility index (Phi) is 12.5. The minimum absolute atomic E-state index is 0.0156. The lowest BCUT2D eigenvalue weighted by Crippen LogP contribution is -2.42. The van der Waals surface area contributed by atoms with E-state index in [1.165, 1.54) is 0 Å². The topological polar surface area (TPSA) is 232 Å². The number of hydrogen-bond donors (Lipinski definition) is 11. The molecule has 3 amide bonds. The molecule has 0 bridgehead atoms. The third-order valence-electron chi connectivity index (χ3n) is 6.91. The molecule has 0 atom stereocenters. The van der Waals surface area contributed by atoms with E-state index in [2.05, 4.69) is 57.2 Å². The molecule has 0 saturated carbocycles. The van der Waals surface area contributed by atoms with Gasteiger partial charge in [0.15, 0.2) is 11.9 Å². The Labute approximate surface area is 270 Å². The number of nitrogens with zero attached hydrogens (tertiary/aromatic N) is 2. The van der Waals surface area contributed by atoms with E-state index in [1.807, 2.05) is 0 Å². The van der Waals surface area contributed by atoms with Crippen LogP contribution in [0.15, 0.2) is 58.5 Å². The van der Waals surface area contributed by atoms with Crippen LogP contribution in [0.25, 0.3) is 21.8 Å². The first-order valence-electron chi connectivity index (χ1n) is 15.1. The first-order chi connectivity index (χ1) is 22.8. The third-order valence-corrected chi connectivity index (χ3v) is 6.91. The van der Waals surface area contributed by atoms with Gasteiger partial charge in [-0.25, -0.2) is 0 Å². The van der Waals surface area contributed by atoms with E-state index in [4.69, 9.17) is 10.2 Å². The molecule has 0 aliphatic carbocycles. The van der Waals surface area contributed by atoms with Gasteiger partial charge in [0.2, 0.25) is 0 Å². The molecule has 0 saturated heterocycles. The Bertz CT molecular complexity index is 1740. The number of rotatable bonds is 14. The highest BCUT2D eigenvalue weighted by atomic mass is 16.3. The van der Waals surface area contributed by atoms with Crippen LogP contribution in [0.1, 0.15) is 31.3 Å². The standard InChI is InChI=1S/C31H41N11O5/c1-32-30(38-11-13-43)36-9-7-34-28(46)25-17-20-15-19(3-5-23(20)41-25)27(45)40-22-4-6-24-21(16-22)18-26(42-24)29(47)35-8-10-37-31(33-2)39-12-14-44/h3-6,15-18,41-44H,7-14H2,1-2H3,(H,34,46)(H,35,47)(H,40,45)(H2,32,36,38)(H2,33,37,39). The van der Waals surface area contributed by atoms with Crippen molar-refractivity contribution in [2.24, 2.45) is 9.98 Å². The number of amides is 3. The van der Waals surface area contributed by atoms with E-state index in [0.29, 0.717) is 84.7 Å². The highest BCUT2D eigenvalue weighted by Crippen LogP contribution is 2.22. The molecule has 4 aromatic rings. The molecule has 0 unspecified atom stereocenters. The summed E-state index contributed by atoms with van der Waals surface area (Å²) < 4.78 is 0. The summed E-state index contributed by atoms with van der Waals surface area (Å²) in [6.45, 7) is 2.28. The van der Waals surface area contributed by atoms with Crippen LogP contribution in [0, 0.1) is 0 Å². The number of carbonyl (C=O) groups excluding carboxylic acids is 3. The number of H-pyrrole nitrogens is 2. The lowest BCUT2D eigenvalue weighted by Gasteiger charge is -2.11. The summed E-state index contributed by atoms with van der Waals surface area (Å²) in [7, 11) is 3.23. The van der Waals surface area contributed by atoms with E-state index in [1.54, 1.807) is 62.6 Å². The SMILES string of the molecule is CN=C(NCCO)NCCNC(=O)c1cc2cc(NC(=O)c3ccc4[nH]c(C(=O)NCCNC(=NC)NCCO)cc4c3)ccc2[nH]1. The first-order valence-corrected chi connectivity index (χ1v) is 15.1. The molecular formula is C31H41N11O5. The number of carbonyl (C=O) groups is 3. The van der Waals surface area contributed by atoms with Gasteiger partial charge in [-0.1, -0.05) is 0 Å². The summed E-state index contributed by atoms with van der Waals surface area (Å²) in [6, 6.07) is 13.9. The molecule has 4 rings (SSSR count). The second kappa shape index (κ2) is 17.2. The Morgan fingerprint density at radius 2 is 1.06 bits per heavy atom. The van der Waals surface area contributed by atoms with Crippen molar-refractivity contribution < 1.29 is 24.6 Å². The van der Waals surface area contributed by atoms with Crippen LogP contribution >= 0.6 is 0 Å². The Balaban J connectivity index is 1.30. The molecule has 11 N–H and O–H groups in total. The monoisotopic (exact) mass is 647 g/mol. The van der Waals surface area contributed by atoms with E-state index < -0.39 is 0 Å². The quantitative estimate of drug-likeness (QED) is 0.0488. The van der Waals surface area contributed by atoms with Crippen LogP contribution in [0.5, 0.6) is 0 Å². The summed E-state index contributed by atoms with van der Waals surface area (Å²) in [5.41, 5.74) is 3.18. The van der Waals surface area contributed by atoms with Crippen LogP contribution in [-0.4, -0.2) is 116 Å². The van der Waals surface area contributed by atoms with Crippen molar-refractivity contribution in [2.45, 2.75) is 0 Å². The minimum Gasteiger partial charge on any atom is -0.395 e. The van der Waals surface area contributed by atoms with Gasteiger partial charge in [-0.15, -0.1) is 0 Å². The molecule has 0 fully saturated rings. The lowest BCUT2D eigenvalue weighted by molar-refractivity contribution is 0.0942. The number of hydrogen-bond acceptors (Lipinski definition) is 7. The number of guanidine groups is 2. The summed E-state index contributed by atoms with van der Waals surface area (Å²) in [5.74, 6) is 0.167. The molecule has 2 heterocycles. The molecule has 250 valence electrons. The van der Waals surface area contributed by atoms with Crippen LogP contribution in [-0.2, 0) is 0 Å². The van der Waals surface area contributed by atoms with Crippen LogP contribution in [0.3, 0.4) is 0 Å². The number of nitrogens with one attached hydrogen (secondary N) is 9. The fraction of sp³-hybridized carbons (Fsp3) is 0.323. The van der Waals surface area contributed by atoms with Crippen molar-refractivity contribution in [1.29, 1.82) is 0 Å². The maximum Gasteiger partial charge on any atom is 0.267 e. The number of aliphatic hydroxyl groups is 2. The molecule has 0 radical (unpaired) electrons. The van der Waals surface area contributed by atoms with Gasteiger partial charge < -0.3 is 57.4 Å². The molecule has 16 heteroatoms. The second-order valence-corrected chi connectivity index (χ2v) is 10.2. The van der Waals surface area contributed by atoms with Crippen LogP contribution in [0.4, 0.5) is 5.69 Å². The molecule has 2 aromatic carbocycles. The maximum atomic E-state index is 13.1. The predicted octanol–water partition coefficient (Wildman–Crippen LogP) is -0.324. The average molecular weight is 648 g/mol. The lowest BCUT2D eigenvalue weighted by atomic mass is 10.1. The third kappa shape index (κ3) is 9.69. The molecule has 47 heavy (non-hydrogen) atoms. The summed E-state index contributed by atoms with van der Waals surface area (Å²) in [6.07, 6.45) is 0. The van der Waals surface area contributed by atoms with Crippen LogP contribution < -0.4 is 37.2 Å². The van der Waals surface area contributed by atoms with E-state index in [0.717, 1.165) is 10.9 Å². The van der Waals surface area contributed by atoms with Crippen molar-refractivity contribution in [3.05, 3.63) is 65.5 Å². The van der Waals surface area contributed by atoms with Crippen molar-refractivity contribution in [1.82, 2.24) is 41.9 Å². The number of fused-ring (bicyclic) bond motifs is 2. The Hall–Kier alpha value is -5.61. The minimum atomic E-state index is -0.322. The van der Waals surface area contributed by atoms with Crippen molar-refractivity contribution in [3.63, 3.8) is 0 Å². The largest absolute Gasteiger partial charge is 0.395 e. The van der Waals surface area contributed by atoms with E-state index >= 15 is 0 Å². The average Bonchev–Trinajstić information content (AvgIpc) is 3.71. The molecular weight excluding hydrogens is 606 g/mol. The van der Waals surface area contributed by atoms with Gasteiger partial charge in [0.25, 0.3) is 17.7 Å². The van der Waals surface area contributed by atoms with Gasteiger partial charge in [0, 0.05) is 86.4 Å². The summed E-state index contributed by atoms with van der Waals surface area (Å²) >= 11 is 0. The number of aliphatic hydroxyl groups excluding tert-OH is 2. The van der Waals surface area contributed by atoms with E-state index in [-0.39, 0.29) is 30.9 Å². The number of aliphatic imine (C=N–C) groups is 2. The van der Waals surface area contributed by atoms with Gasteiger partial charge in [-0.2, -0.15) is 0 Å². The van der Waals surface area contributed by atoms with Gasteiger partial charge >= 0.3 is 0 Å². The number of aromatic amines is 2. The van der Waals surface area contributed by atoms with Crippen molar-refractivity contribution in [2.75, 3.05) is 71.9 Å². The highest BCUT2D eigenvalue weighted by Gasteiger charge is 2.14. The number of benzene rings is 2. The molecule has 16 nitrogen and oxygen atoms in total. The maximum absolute atomic E-state index is 13.1. The number of aromatic nitrogens is 2. The van der Waals surface area contributed by atoms with E-state index in [9.17, 15) is 14.4 Å². The fourth-order valence-electron chi connectivity index (χ4n) is 4.63. The smallest absolute Gasteiger partial charge is 0.267 e. The Morgan fingerprint density at radius 1 is 0.596 bits per heavy atom. The van der Waals surface area contributed by atoms with Crippen molar-refractivity contribution in [3.8, 4) is 0 Å². The van der Waals surface area contributed by atoms with Crippen LogP contribution in [0.2, 0.25) is 0 Å². The predicted molar refractivity (Wildman–Crippen MR) is 182 cm³/mol. The zero-order valence-corrected chi connectivity index (χ0v) is 26.3. The first kappa shape index (κ1) is 34.3. The molecule has 0 spiro atoms. The normalized spacial score (nSPS) is 11.7. The molecule has 0 aliphatic heterocycles. The van der Waals surface area contributed by atoms with Crippen molar-refractivity contribution >= 4 is 57.1 Å².